The van der Waals surface area contributed by atoms with Gasteiger partial charge in [-0.15, -0.1) is 0 Å². The smallest absolute Gasteiger partial charge is 0.305 e. The normalized spacial score (nSPS) is 25.0. The average Bonchev–Trinajstić information content (AvgIpc) is 3.34. The molecule has 0 amide bonds. The van der Waals surface area contributed by atoms with E-state index in [0.29, 0.717) is 12.8 Å². The molecule has 10 atom stereocenters. The Kier molecular flexibility index (Phi) is 40.3. The van der Waals surface area contributed by atoms with Gasteiger partial charge in [0, 0.05) is 12.8 Å². The molecule has 0 aliphatic carbocycles. The monoisotopic (exact) mass is 1000 g/mol. The summed E-state index contributed by atoms with van der Waals surface area (Å²) in [5, 5.41) is 64.2. The molecule has 13 heteroatoms. The van der Waals surface area contributed by atoms with E-state index in [9.17, 15) is 40.2 Å². The molecule has 12 nitrogen and oxygen atoms in total. The quantitative estimate of drug-likeness (QED) is 0.0250. The minimum absolute atomic E-state index is 0.221. The highest BCUT2D eigenvalue weighted by atomic mass is 32.2. The summed E-state index contributed by atoms with van der Waals surface area (Å²) in [4.78, 5) is 25.1. The third kappa shape index (κ3) is 31.3. The van der Waals surface area contributed by atoms with Crippen molar-refractivity contribution >= 4 is 23.7 Å². The Morgan fingerprint density at radius 3 is 0.783 bits per heavy atom. The fourth-order valence-corrected chi connectivity index (χ4v) is 11.0. The van der Waals surface area contributed by atoms with Gasteiger partial charge in [0.1, 0.15) is 72.9 Å². The lowest BCUT2D eigenvalue weighted by molar-refractivity contribution is -0.218. The second-order valence-corrected chi connectivity index (χ2v) is 22.0. The van der Waals surface area contributed by atoms with Crippen LogP contribution in [-0.2, 0) is 28.5 Å². The van der Waals surface area contributed by atoms with E-state index in [1.807, 2.05) is 0 Å². The summed E-state index contributed by atoms with van der Waals surface area (Å²) >= 11 is 0.747. The second kappa shape index (κ2) is 43.4. The molecule has 2 fully saturated rings. The van der Waals surface area contributed by atoms with E-state index in [4.69, 9.17) is 18.9 Å². The number of thioether (sulfide) groups is 1. The molecule has 2 heterocycles. The highest BCUT2D eigenvalue weighted by Gasteiger charge is 2.50. The van der Waals surface area contributed by atoms with Crippen molar-refractivity contribution < 1.29 is 59.2 Å². The zero-order valence-electron chi connectivity index (χ0n) is 44.0. The molecule has 2 saturated heterocycles. The summed E-state index contributed by atoms with van der Waals surface area (Å²) < 4.78 is 22.5. The zero-order chi connectivity index (χ0) is 50.2. The first-order valence-corrected chi connectivity index (χ1v) is 29.9. The van der Waals surface area contributed by atoms with Crippen molar-refractivity contribution in [3.8, 4) is 0 Å². The first kappa shape index (κ1) is 64.1. The van der Waals surface area contributed by atoms with Crippen molar-refractivity contribution in [3.05, 3.63) is 0 Å². The molecule has 0 unspecified atom stereocenters. The largest absolute Gasteiger partial charge is 0.463 e. The van der Waals surface area contributed by atoms with Crippen molar-refractivity contribution in [2.75, 3.05) is 13.2 Å². The van der Waals surface area contributed by atoms with Crippen molar-refractivity contribution in [1.29, 1.82) is 0 Å². The van der Waals surface area contributed by atoms with Crippen LogP contribution in [0.2, 0.25) is 0 Å². The van der Waals surface area contributed by atoms with Crippen LogP contribution in [0.4, 0.5) is 0 Å². The van der Waals surface area contributed by atoms with Crippen LogP contribution in [0.15, 0.2) is 0 Å². The maximum absolute atomic E-state index is 12.6. The van der Waals surface area contributed by atoms with E-state index in [1.165, 1.54) is 193 Å². The summed E-state index contributed by atoms with van der Waals surface area (Å²) in [6, 6.07) is 0. The van der Waals surface area contributed by atoms with E-state index >= 15 is 0 Å². The van der Waals surface area contributed by atoms with E-state index in [0.717, 1.165) is 50.3 Å². The average molecular weight is 1000 g/mol. The third-order valence-corrected chi connectivity index (χ3v) is 15.7. The van der Waals surface area contributed by atoms with Crippen molar-refractivity contribution in [3.63, 3.8) is 0 Å². The maximum atomic E-state index is 12.6. The van der Waals surface area contributed by atoms with Gasteiger partial charge in [-0.2, -0.15) is 0 Å². The van der Waals surface area contributed by atoms with Crippen LogP contribution in [-0.4, -0.2) is 115 Å². The van der Waals surface area contributed by atoms with Crippen LogP contribution in [0.5, 0.6) is 0 Å². The Balaban J connectivity index is 1.54. The predicted molar refractivity (Wildman–Crippen MR) is 279 cm³/mol. The van der Waals surface area contributed by atoms with Crippen LogP contribution in [0.3, 0.4) is 0 Å². The van der Waals surface area contributed by atoms with Crippen molar-refractivity contribution in [2.24, 2.45) is 0 Å². The lowest BCUT2D eigenvalue weighted by Gasteiger charge is -2.44. The molecule has 2 aliphatic heterocycles. The molecule has 69 heavy (non-hydrogen) atoms. The highest BCUT2D eigenvalue weighted by Crippen LogP contribution is 2.37. The standard InChI is InChI=1S/C56H106O12S/c1-3-5-7-9-11-13-15-17-19-21-23-25-27-29-31-33-35-37-39-41-47(57)65-43-45-49(59)51(61)53(63)55(67-45)69-56-54(64)52(62)50(60)46(68-56)44-66-48(58)42-40-38-36-34-32-30-28-26-24-22-20-18-16-14-12-10-8-6-4-2/h45-46,49-56,59-64H,3-44H2,1-2H3/t45-,46-,49-,50-,51+,52+,53-,54-,55-,56-/m1/s1. The molecule has 0 aromatic carbocycles. The van der Waals surface area contributed by atoms with Gasteiger partial charge in [0.2, 0.25) is 0 Å². The molecule has 2 aliphatic rings. The van der Waals surface area contributed by atoms with Gasteiger partial charge in [0.15, 0.2) is 0 Å². The number of unbranched alkanes of at least 4 members (excludes halogenated alkanes) is 36. The summed E-state index contributed by atoms with van der Waals surface area (Å²) in [6.45, 7) is 3.83. The molecule has 408 valence electrons. The number of carbonyl (C=O) groups is 2. The summed E-state index contributed by atoms with van der Waals surface area (Å²) in [7, 11) is 0. The molecular weight excluding hydrogens is 897 g/mol. The van der Waals surface area contributed by atoms with Gasteiger partial charge in [-0.05, 0) is 12.8 Å². The Morgan fingerprint density at radius 1 is 0.333 bits per heavy atom. The maximum Gasteiger partial charge on any atom is 0.305 e. The molecule has 0 radical (unpaired) electrons. The Labute approximate surface area is 424 Å². The van der Waals surface area contributed by atoms with Crippen molar-refractivity contribution in [1.82, 2.24) is 0 Å². The molecule has 0 saturated carbocycles. The van der Waals surface area contributed by atoms with Gasteiger partial charge in [0.05, 0.1) is 0 Å². The molecule has 0 spiro atoms. The minimum atomic E-state index is -1.66. The fourth-order valence-electron chi connectivity index (χ4n) is 9.66. The Hall–Kier alpha value is -1.03. The lowest BCUT2D eigenvalue weighted by Crippen LogP contribution is -2.61. The molecule has 2 rings (SSSR count). The van der Waals surface area contributed by atoms with E-state index in [-0.39, 0.29) is 26.1 Å². The molecule has 0 bridgehead atoms. The van der Waals surface area contributed by atoms with E-state index < -0.39 is 71.6 Å². The number of hydrogen-bond donors (Lipinski definition) is 6. The molecule has 0 aromatic heterocycles. The highest BCUT2D eigenvalue weighted by molar-refractivity contribution is 8.00. The Morgan fingerprint density at radius 2 is 0.551 bits per heavy atom. The number of rotatable bonds is 46. The number of hydrogen-bond acceptors (Lipinski definition) is 13. The van der Waals surface area contributed by atoms with E-state index in [1.54, 1.807) is 0 Å². The first-order chi connectivity index (χ1) is 33.6. The number of aliphatic hydroxyl groups is 6. The predicted octanol–water partition coefficient (Wildman–Crippen LogP) is 12.1. The van der Waals surface area contributed by atoms with Gasteiger partial charge in [-0.3, -0.25) is 9.59 Å². The fraction of sp³-hybridized carbons (Fsp3) is 0.964. The first-order valence-electron chi connectivity index (χ1n) is 29.0. The summed E-state index contributed by atoms with van der Waals surface area (Å²) in [5.74, 6) is -0.892. The van der Waals surface area contributed by atoms with Crippen LogP contribution in [0.1, 0.15) is 271 Å². The van der Waals surface area contributed by atoms with Gasteiger partial charge in [-0.25, -0.2) is 0 Å². The lowest BCUT2D eigenvalue weighted by atomic mass is 10.00. The van der Waals surface area contributed by atoms with Gasteiger partial charge in [0.25, 0.3) is 0 Å². The number of esters is 2. The van der Waals surface area contributed by atoms with Crippen LogP contribution >= 0.6 is 11.8 Å². The molecule has 6 N–H and O–H groups in total. The number of carbonyl (C=O) groups excluding carboxylic acids is 2. The number of aliphatic hydroxyl groups excluding tert-OH is 6. The third-order valence-electron chi connectivity index (χ3n) is 14.4. The summed E-state index contributed by atoms with van der Waals surface area (Å²) in [5.41, 5.74) is -2.52. The topological polar surface area (TPSA) is 192 Å². The second-order valence-electron chi connectivity index (χ2n) is 20.8. The summed E-state index contributed by atoms with van der Waals surface area (Å²) in [6.07, 6.45) is 36.5. The number of ether oxygens (including phenoxy) is 4. The Bertz CT molecular complexity index is 1110. The van der Waals surface area contributed by atoms with Gasteiger partial charge >= 0.3 is 11.9 Å². The SMILES string of the molecule is CCCCCCCCCCCCCCCCCCCCCC(=O)OC[C@H]1O[C@H](S[C@H]2O[C@H](COC(=O)CCCCCCCCCCCCCCCCCCCCC)[C@@H](O)[C@H](O)[C@H]2O)[C@H](O)[C@@H](O)[C@@H]1O. The van der Waals surface area contributed by atoms with Crippen molar-refractivity contribution in [2.45, 2.75) is 330 Å². The van der Waals surface area contributed by atoms with E-state index in [2.05, 4.69) is 13.8 Å². The van der Waals surface area contributed by atoms with Crippen LogP contribution in [0.25, 0.3) is 0 Å². The molecular formula is C56H106O12S. The minimum Gasteiger partial charge on any atom is -0.463 e. The van der Waals surface area contributed by atoms with Gasteiger partial charge in [-0.1, -0.05) is 257 Å². The zero-order valence-corrected chi connectivity index (χ0v) is 44.8. The van der Waals surface area contributed by atoms with Crippen LogP contribution in [0, 0.1) is 0 Å². The molecule has 0 aromatic rings. The van der Waals surface area contributed by atoms with Crippen LogP contribution < -0.4 is 0 Å². The van der Waals surface area contributed by atoms with Gasteiger partial charge < -0.3 is 49.6 Å².